The fourth-order valence-electron chi connectivity index (χ4n) is 3.64. The highest BCUT2D eigenvalue weighted by Gasteiger charge is 2.37. The van der Waals surface area contributed by atoms with E-state index in [1.54, 1.807) is 47.4 Å². The molecule has 8 heteroatoms. The lowest BCUT2D eigenvalue weighted by Gasteiger charge is -2.39. The zero-order valence-corrected chi connectivity index (χ0v) is 16.1. The van der Waals surface area contributed by atoms with Crippen LogP contribution in [-0.2, 0) is 21.4 Å². The summed E-state index contributed by atoms with van der Waals surface area (Å²) in [5, 5.41) is 0.593. The predicted molar refractivity (Wildman–Crippen MR) is 102 cm³/mol. The summed E-state index contributed by atoms with van der Waals surface area (Å²) in [6, 6.07) is 13.7. The Morgan fingerprint density at radius 1 is 1.04 bits per heavy atom. The van der Waals surface area contributed by atoms with E-state index >= 15 is 0 Å². The Morgan fingerprint density at radius 3 is 2.44 bits per heavy atom. The molecule has 0 spiro atoms. The van der Waals surface area contributed by atoms with Gasteiger partial charge in [0, 0.05) is 29.7 Å². The van der Waals surface area contributed by atoms with Crippen LogP contribution in [0.1, 0.15) is 18.4 Å². The Hall–Kier alpha value is -2.09. The number of rotatable bonds is 3. The molecule has 0 unspecified atom stereocenters. The lowest BCUT2D eigenvalue weighted by Crippen LogP contribution is -2.50. The lowest BCUT2D eigenvalue weighted by atomic mass is 10.0. The summed E-state index contributed by atoms with van der Waals surface area (Å²) in [6.45, 7) is 0.912. The third kappa shape index (κ3) is 3.42. The van der Waals surface area contributed by atoms with Crippen molar-refractivity contribution in [3.63, 3.8) is 0 Å². The Balaban J connectivity index is 1.52. The van der Waals surface area contributed by atoms with Crippen molar-refractivity contribution in [1.29, 1.82) is 0 Å². The normalized spacial score (nSPS) is 18.9. The maximum atomic E-state index is 12.8. The van der Waals surface area contributed by atoms with Crippen LogP contribution in [0.3, 0.4) is 0 Å². The predicted octanol–water partition coefficient (Wildman–Crippen LogP) is 3.65. The lowest BCUT2D eigenvalue weighted by molar-refractivity contribution is 0.136. The maximum Gasteiger partial charge on any atom is 0.414 e. The molecular formula is C19H19ClN2O4S. The van der Waals surface area contributed by atoms with Gasteiger partial charge in [-0.25, -0.2) is 13.2 Å². The SMILES string of the molecule is O=C1OCc2cc(Cl)ccc2N1C1CCN(S(=O)(=O)c2ccccc2)CC1. The highest BCUT2D eigenvalue weighted by molar-refractivity contribution is 7.89. The Morgan fingerprint density at radius 2 is 1.74 bits per heavy atom. The van der Waals surface area contributed by atoms with Gasteiger partial charge < -0.3 is 4.74 Å². The van der Waals surface area contributed by atoms with Gasteiger partial charge >= 0.3 is 6.09 Å². The summed E-state index contributed by atoms with van der Waals surface area (Å²) in [5.41, 5.74) is 1.65. The van der Waals surface area contributed by atoms with Crippen molar-refractivity contribution in [2.75, 3.05) is 18.0 Å². The number of piperidine rings is 1. The number of hydrogen-bond acceptors (Lipinski definition) is 4. The average Bonchev–Trinajstić information content (AvgIpc) is 2.69. The first-order chi connectivity index (χ1) is 13.0. The summed E-state index contributed by atoms with van der Waals surface area (Å²) in [4.78, 5) is 14.3. The molecule has 27 heavy (non-hydrogen) atoms. The topological polar surface area (TPSA) is 66.9 Å². The number of sulfonamides is 1. The molecule has 0 radical (unpaired) electrons. The first-order valence-corrected chi connectivity index (χ1v) is 10.6. The molecule has 2 heterocycles. The van der Waals surface area contributed by atoms with E-state index in [2.05, 4.69) is 0 Å². The summed E-state index contributed by atoms with van der Waals surface area (Å²) in [6.07, 6.45) is 0.695. The third-order valence-corrected chi connectivity index (χ3v) is 7.17. The van der Waals surface area contributed by atoms with Gasteiger partial charge in [-0.05, 0) is 43.2 Å². The number of benzene rings is 2. The zero-order chi connectivity index (χ0) is 19.0. The number of carbonyl (C=O) groups is 1. The molecule has 0 bridgehead atoms. The molecule has 142 valence electrons. The van der Waals surface area contributed by atoms with Gasteiger partial charge in [0.1, 0.15) is 6.61 Å². The number of cyclic esters (lactones) is 1. The van der Waals surface area contributed by atoms with Gasteiger partial charge in [-0.15, -0.1) is 0 Å². The molecule has 4 rings (SSSR count). The van der Waals surface area contributed by atoms with Crippen molar-refractivity contribution in [2.24, 2.45) is 0 Å². The van der Waals surface area contributed by atoms with Gasteiger partial charge in [-0.2, -0.15) is 4.31 Å². The van der Waals surface area contributed by atoms with Gasteiger partial charge in [0.15, 0.2) is 0 Å². The quantitative estimate of drug-likeness (QED) is 0.780. The van der Waals surface area contributed by atoms with Crippen molar-refractivity contribution in [1.82, 2.24) is 4.31 Å². The van der Waals surface area contributed by atoms with Crippen molar-refractivity contribution in [2.45, 2.75) is 30.4 Å². The van der Waals surface area contributed by atoms with E-state index in [0.29, 0.717) is 35.8 Å². The number of carbonyl (C=O) groups excluding carboxylic acids is 1. The monoisotopic (exact) mass is 406 g/mol. The Kier molecular flexibility index (Phi) is 4.84. The molecule has 1 saturated heterocycles. The van der Waals surface area contributed by atoms with E-state index < -0.39 is 16.1 Å². The van der Waals surface area contributed by atoms with Crippen LogP contribution in [0.15, 0.2) is 53.4 Å². The number of nitrogens with zero attached hydrogens (tertiary/aromatic N) is 2. The Bertz CT molecular complexity index is 957. The van der Waals surface area contributed by atoms with Crippen LogP contribution in [0, 0.1) is 0 Å². The molecule has 0 aromatic heterocycles. The molecule has 6 nitrogen and oxygen atoms in total. The maximum absolute atomic E-state index is 12.8. The first kappa shape index (κ1) is 18.3. The standard InChI is InChI=1S/C19H19ClN2O4S/c20-15-6-7-18-14(12-15)13-26-19(23)22(18)16-8-10-21(11-9-16)27(24,25)17-4-2-1-3-5-17/h1-7,12,16H,8-11,13H2. The third-order valence-electron chi connectivity index (χ3n) is 5.02. The van der Waals surface area contributed by atoms with Crippen molar-refractivity contribution in [3.8, 4) is 0 Å². The second-order valence-electron chi connectivity index (χ2n) is 6.65. The van der Waals surface area contributed by atoms with E-state index in [-0.39, 0.29) is 12.6 Å². The Labute approximate surface area is 163 Å². The van der Waals surface area contributed by atoms with Crippen LogP contribution >= 0.6 is 11.6 Å². The van der Waals surface area contributed by atoms with Crippen LogP contribution in [0.4, 0.5) is 10.5 Å². The van der Waals surface area contributed by atoms with E-state index in [1.165, 1.54) is 4.31 Å². The molecule has 2 aromatic rings. The molecule has 0 N–H and O–H groups in total. The molecule has 0 saturated carbocycles. The molecule has 0 atom stereocenters. The van der Waals surface area contributed by atoms with Gasteiger partial charge in [0.2, 0.25) is 10.0 Å². The molecule has 0 aliphatic carbocycles. The summed E-state index contributed by atoms with van der Waals surface area (Å²) >= 11 is 6.04. The zero-order valence-electron chi connectivity index (χ0n) is 14.5. The van der Waals surface area contributed by atoms with Gasteiger partial charge in [-0.1, -0.05) is 29.8 Å². The van der Waals surface area contributed by atoms with Crippen molar-refractivity contribution < 1.29 is 17.9 Å². The average molecular weight is 407 g/mol. The molecule has 1 amide bonds. The number of halogens is 1. The number of ether oxygens (including phenoxy) is 1. The number of hydrogen-bond donors (Lipinski definition) is 0. The van der Waals surface area contributed by atoms with Crippen LogP contribution in [0.5, 0.6) is 0 Å². The molecular weight excluding hydrogens is 388 g/mol. The van der Waals surface area contributed by atoms with Crippen LogP contribution in [-0.4, -0.2) is 37.9 Å². The minimum Gasteiger partial charge on any atom is -0.444 e. The number of fused-ring (bicyclic) bond motifs is 1. The minimum absolute atomic E-state index is 0.111. The molecule has 2 aromatic carbocycles. The highest BCUT2D eigenvalue weighted by Crippen LogP contribution is 2.34. The summed E-state index contributed by atoms with van der Waals surface area (Å²) in [5.74, 6) is 0. The second kappa shape index (κ2) is 7.14. The second-order valence-corrected chi connectivity index (χ2v) is 9.02. The van der Waals surface area contributed by atoms with Crippen molar-refractivity contribution >= 4 is 33.4 Å². The van der Waals surface area contributed by atoms with Gasteiger partial charge in [0.05, 0.1) is 10.6 Å². The number of amides is 1. The van der Waals surface area contributed by atoms with Crippen LogP contribution < -0.4 is 4.90 Å². The molecule has 2 aliphatic heterocycles. The number of anilines is 1. The molecule has 2 aliphatic rings. The minimum atomic E-state index is -3.51. The fourth-order valence-corrected chi connectivity index (χ4v) is 5.33. The van der Waals surface area contributed by atoms with E-state index in [1.807, 2.05) is 6.07 Å². The molecule has 1 fully saturated rings. The van der Waals surface area contributed by atoms with E-state index in [4.69, 9.17) is 16.3 Å². The van der Waals surface area contributed by atoms with Crippen LogP contribution in [0.2, 0.25) is 5.02 Å². The largest absolute Gasteiger partial charge is 0.444 e. The van der Waals surface area contributed by atoms with Crippen LogP contribution in [0.25, 0.3) is 0 Å². The van der Waals surface area contributed by atoms with E-state index in [9.17, 15) is 13.2 Å². The van der Waals surface area contributed by atoms with Crippen molar-refractivity contribution in [3.05, 3.63) is 59.1 Å². The van der Waals surface area contributed by atoms with Gasteiger partial charge in [-0.3, -0.25) is 4.90 Å². The summed E-state index contributed by atoms with van der Waals surface area (Å²) < 4.78 is 32.3. The summed E-state index contributed by atoms with van der Waals surface area (Å²) in [7, 11) is -3.51. The smallest absolute Gasteiger partial charge is 0.414 e. The highest BCUT2D eigenvalue weighted by atomic mass is 35.5. The van der Waals surface area contributed by atoms with Gasteiger partial charge in [0.25, 0.3) is 0 Å². The van der Waals surface area contributed by atoms with E-state index in [0.717, 1.165) is 11.3 Å². The fraction of sp³-hybridized carbons (Fsp3) is 0.316. The first-order valence-electron chi connectivity index (χ1n) is 8.76.